The summed E-state index contributed by atoms with van der Waals surface area (Å²) in [5.41, 5.74) is 8.07. The van der Waals surface area contributed by atoms with E-state index in [-0.39, 0.29) is 11.3 Å². The van der Waals surface area contributed by atoms with Crippen molar-refractivity contribution in [2.75, 3.05) is 5.73 Å². The van der Waals surface area contributed by atoms with Crippen LogP contribution >= 0.6 is 0 Å². The first kappa shape index (κ1) is 16.7. The van der Waals surface area contributed by atoms with Gasteiger partial charge in [0.15, 0.2) is 11.6 Å². The number of nitrogens with two attached hydrogens (primary N) is 1. The molecule has 2 aromatic carbocycles. The Balaban J connectivity index is 2.08. The predicted octanol–water partition coefficient (Wildman–Crippen LogP) is 4.26. The van der Waals surface area contributed by atoms with Crippen molar-refractivity contribution in [3.05, 3.63) is 76.2 Å². The number of halogens is 2. The highest BCUT2D eigenvalue weighted by atomic mass is 19.1. The minimum atomic E-state index is -0.807. The van der Waals surface area contributed by atoms with Crippen LogP contribution < -0.4 is 16.0 Å². The maximum Gasteiger partial charge on any atom is 0.251 e. The molecule has 0 radical (unpaired) electrons. The van der Waals surface area contributed by atoms with E-state index in [1.807, 2.05) is 6.92 Å². The number of anilines is 1. The Bertz CT molecular complexity index is 983. The molecule has 3 rings (SSSR count). The third kappa shape index (κ3) is 3.52. The Morgan fingerprint density at radius 3 is 2.56 bits per heavy atom. The minimum Gasteiger partial charge on any atom is -0.454 e. The second-order valence-corrected chi connectivity index (χ2v) is 5.53. The van der Waals surface area contributed by atoms with E-state index in [2.05, 4.69) is 4.98 Å². The van der Waals surface area contributed by atoms with E-state index < -0.39 is 11.6 Å². The van der Waals surface area contributed by atoms with Gasteiger partial charge in [-0.15, -0.1) is 0 Å². The molecule has 0 amide bonds. The van der Waals surface area contributed by atoms with Gasteiger partial charge in [-0.25, -0.2) is 8.78 Å². The van der Waals surface area contributed by atoms with Gasteiger partial charge >= 0.3 is 0 Å². The van der Waals surface area contributed by atoms with Crippen LogP contribution in [-0.2, 0) is 6.42 Å². The fourth-order valence-electron chi connectivity index (χ4n) is 2.49. The summed E-state index contributed by atoms with van der Waals surface area (Å²) in [5.74, 6) is -1.25. The van der Waals surface area contributed by atoms with E-state index in [1.54, 1.807) is 30.5 Å². The Morgan fingerprint density at radius 2 is 1.84 bits per heavy atom. The van der Waals surface area contributed by atoms with Crippen molar-refractivity contribution in [1.82, 2.24) is 4.98 Å². The highest BCUT2D eigenvalue weighted by Crippen LogP contribution is 2.35. The van der Waals surface area contributed by atoms with Gasteiger partial charge in [0.1, 0.15) is 11.6 Å². The van der Waals surface area contributed by atoms with E-state index in [1.165, 1.54) is 6.07 Å². The lowest BCUT2D eigenvalue weighted by Crippen LogP contribution is -2.11. The van der Waals surface area contributed by atoms with Crippen LogP contribution in [0, 0.1) is 11.6 Å². The molecular weight excluding hydrogens is 326 g/mol. The summed E-state index contributed by atoms with van der Waals surface area (Å²) in [6, 6.07) is 9.71. The lowest BCUT2D eigenvalue weighted by molar-refractivity contribution is 0.439. The smallest absolute Gasteiger partial charge is 0.251 e. The van der Waals surface area contributed by atoms with E-state index in [4.69, 9.17) is 10.5 Å². The largest absolute Gasteiger partial charge is 0.454 e. The number of aryl methyl sites for hydroxylation is 1. The lowest BCUT2D eigenvalue weighted by Gasteiger charge is -2.13. The molecule has 128 valence electrons. The number of rotatable bonds is 4. The molecular formula is C19H16F2N2O2. The Kier molecular flexibility index (Phi) is 4.52. The summed E-state index contributed by atoms with van der Waals surface area (Å²) >= 11 is 0. The van der Waals surface area contributed by atoms with Gasteiger partial charge in [-0.05, 0) is 42.8 Å². The van der Waals surface area contributed by atoms with Crippen molar-refractivity contribution in [3.8, 4) is 22.6 Å². The number of hydrogen-bond acceptors (Lipinski definition) is 3. The van der Waals surface area contributed by atoms with Crippen LogP contribution in [0.15, 0.2) is 53.5 Å². The highest BCUT2D eigenvalue weighted by Gasteiger charge is 2.13. The molecule has 0 aliphatic carbocycles. The number of pyridine rings is 1. The first-order valence-corrected chi connectivity index (χ1v) is 7.72. The normalized spacial score (nSPS) is 10.7. The molecule has 0 saturated heterocycles. The van der Waals surface area contributed by atoms with Crippen LogP contribution in [0.1, 0.15) is 12.5 Å². The molecule has 0 fully saturated rings. The molecule has 0 aliphatic heterocycles. The number of aromatic nitrogens is 1. The maximum atomic E-state index is 13.9. The van der Waals surface area contributed by atoms with Crippen LogP contribution in [0.3, 0.4) is 0 Å². The van der Waals surface area contributed by atoms with E-state index >= 15 is 0 Å². The maximum absolute atomic E-state index is 13.9. The van der Waals surface area contributed by atoms with E-state index in [0.29, 0.717) is 34.5 Å². The van der Waals surface area contributed by atoms with Crippen molar-refractivity contribution in [3.63, 3.8) is 0 Å². The van der Waals surface area contributed by atoms with Crippen LogP contribution in [0.4, 0.5) is 14.5 Å². The Labute approximate surface area is 142 Å². The number of aromatic amines is 1. The summed E-state index contributed by atoms with van der Waals surface area (Å²) in [6.07, 6.45) is 2.11. The molecule has 0 unspecified atom stereocenters. The van der Waals surface area contributed by atoms with Gasteiger partial charge in [-0.3, -0.25) is 4.79 Å². The number of nitrogens with one attached hydrogen (secondary N) is 1. The fraction of sp³-hybridized carbons (Fsp3) is 0.105. The molecule has 3 N–H and O–H groups in total. The Hall–Kier alpha value is -3.15. The summed E-state index contributed by atoms with van der Waals surface area (Å²) in [7, 11) is 0. The van der Waals surface area contributed by atoms with Gasteiger partial charge in [0, 0.05) is 34.6 Å². The second kappa shape index (κ2) is 6.76. The van der Waals surface area contributed by atoms with Gasteiger partial charge in [0.05, 0.1) is 0 Å². The molecule has 6 heteroatoms. The first-order valence-electron chi connectivity index (χ1n) is 7.72. The van der Waals surface area contributed by atoms with Crippen molar-refractivity contribution in [2.45, 2.75) is 13.3 Å². The monoisotopic (exact) mass is 342 g/mol. The number of nitrogen functional groups attached to an aromatic ring is 1. The SMILES string of the molecule is CCc1cc(-c2cc(N)ccc2Oc2ccc(F)cc2F)c[nH]c1=O. The van der Waals surface area contributed by atoms with Crippen molar-refractivity contribution >= 4 is 5.69 Å². The Morgan fingerprint density at radius 1 is 1.08 bits per heavy atom. The standard InChI is InChI=1S/C19H16F2N2O2/c1-2-11-7-12(10-23-19(11)24)15-9-14(22)4-6-17(15)25-18-5-3-13(20)8-16(18)21/h3-10H,2,22H2,1H3,(H,23,24). The average molecular weight is 342 g/mol. The van der Waals surface area contributed by atoms with Gasteiger partial charge in [-0.2, -0.15) is 0 Å². The molecule has 0 spiro atoms. The number of hydrogen-bond donors (Lipinski definition) is 2. The molecule has 0 bridgehead atoms. The molecule has 0 aliphatic rings. The molecule has 0 atom stereocenters. The molecule has 0 saturated carbocycles. The molecule has 1 heterocycles. The number of ether oxygens (including phenoxy) is 1. The minimum absolute atomic E-state index is 0.104. The molecule has 4 nitrogen and oxygen atoms in total. The quantitative estimate of drug-likeness (QED) is 0.696. The van der Waals surface area contributed by atoms with Crippen LogP contribution in [0.25, 0.3) is 11.1 Å². The summed E-state index contributed by atoms with van der Waals surface area (Å²) in [6.45, 7) is 1.87. The van der Waals surface area contributed by atoms with Crippen molar-refractivity contribution in [1.29, 1.82) is 0 Å². The summed E-state index contributed by atoms with van der Waals surface area (Å²) < 4.78 is 32.6. The third-order valence-electron chi connectivity index (χ3n) is 3.79. The topological polar surface area (TPSA) is 68.1 Å². The van der Waals surface area contributed by atoms with Crippen molar-refractivity contribution in [2.24, 2.45) is 0 Å². The summed E-state index contributed by atoms with van der Waals surface area (Å²) in [5, 5.41) is 0. The zero-order valence-corrected chi connectivity index (χ0v) is 13.5. The lowest BCUT2D eigenvalue weighted by atomic mass is 10.0. The van der Waals surface area contributed by atoms with Gasteiger partial charge in [-0.1, -0.05) is 6.92 Å². The molecule has 3 aromatic rings. The van der Waals surface area contributed by atoms with Gasteiger partial charge < -0.3 is 15.5 Å². The van der Waals surface area contributed by atoms with Gasteiger partial charge in [0.2, 0.25) is 0 Å². The zero-order chi connectivity index (χ0) is 18.0. The zero-order valence-electron chi connectivity index (χ0n) is 13.5. The highest BCUT2D eigenvalue weighted by molar-refractivity contribution is 5.74. The van der Waals surface area contributed by atoms with E-state index in [0.717, 1.165) is 12.1 Å². The third-order valence-corrected chi connectivity index (χ3v) is 3.79. The van der Waals surface area contributed by atoms with Crippen LogP contribution in [0.5, 0.6) is 11.5 Å². The molecule has 25 heavy (non-hydrogen) atoms. The van der Waals surface area contributed by atoms with Crippen LogP contribution in [-0.4, -0.2) is 4.98 Å². The number of benzene rings is 2. The van der Waals surface area contributed by atoms with Crippen LogP contribution in [0.2, 0.25) is 0 Å². The van der Waals surface area contributed by atoms with Gasteiger partial charge in [0.25, 0.3) is 5.56 Å². The second-order valence-electron chi connectivity index (χ2n) is 5.53. The van der Waals surface area contributed by atoms with E-state index in [9.17, 15) is 13.6 Å². The summed E-state index contributed by atoms with van der Waals surface area (Å²) in [4.78, 5) is 14.4. The molecule has 1 aromatic heterocycles. The van der Waals surface area contributed by atoms with Crippen molar-refractivity contribution < 1.29 is 13.5 Å². The fourth-order valence-corrected chi connectivity index (χ4v) is 2.49. The average Bonchev–Trinajstić information content (AvgIpc) is 2.59. The predicted molar refractivity (Wildman–Crippen MR) is 92.7 cm³/mol. The number of H-pyrrole nitrogens is 1. The first-order chi connectivity index (χ1) is 12.0.